The molecule has 1 unspecified atom stereocenters. The Morgan fingerprint density at radius 1 is 1.40 bits per heavy atom. The molecule has 1 aliphatic heterocycles. The summed E-state index contributed by atoms with van der Waals surface area (Å²) in [5.74, 6) is 1.94. The van der Waals surface area contributed by atoms with Gasteiger partial charge in [0, 0.05) is 27.8 Å². The molecular weight excluding hydrogens is 312 g/mol. The molecular formula is C14H19ClN2OS2. The first-order valence-electron chi connectivity index (χ1n) is 6.60. The van der Waals surface area contributed by atoms with E-state index in [0.717, 1.165) is 18.2 Å². The summed E-state index contributed by atoms with van der Waals surface area (Å²) in [7, 11) is 0. The summed E-state index contributed by atoms with van der Waals surface area (Å²) in [4.78, 5) is 13.3. The van der Waals surface area contributed by atoms with Gasteiger partial charge in [-0.1, -0.05) is 18.2 Å². The number of benzene rings is 1. The van der Waals surface area contributed by atoms with Crippen LogP contribution in [0.1, 0.15) is 12.8 Å². The summed E-state index contributed by atoms with van der Waals surface area (Å²) in [5, 5.41) is 6.32. The van der Waals surface area contributed by atoms with E-state index in [2.05, 4.69) is 34.9 Å². The van der Waals surface area contributed by atoms with Crippen molar-refractivity contribution in [3.8, 4) is 0 Å². The zero-order valence-corrected chi connectivity index (χ0v) is 13.6. The summed E-state index contributed by atoms with van der Waals surface area (Å²) in [6.07, 6.45) is 2.39. The lowest BCUT2D eigenvalue weighted by atomic mass is 10.3. The van der Waals surface area contributed by atoms with E-state index >= 15 is 0 Å². The van der Waals surface area contributed by atoms with Crippen molar-refractivity contribution in [3.05, 3.63) is 30.3 Å². The molecule has 1 amide bonds. The third kappa shape index (κ3) is 4.07. The van der Waals surface area contributed by atoms with Crippen LogP contribution in [-0.4, -0.2) is 34.9 Å². The zero-order chi connectivity index (χ0) is 13.1. The molecule has 2 N–H and O–H groups in total. The summed E-state index contributed by atoms with van der Waals surface area (Å²) in [5.41, 5.74) is 0. The average molecular weight is 331 g/mol. The minimum atomic E-state index is 0. The molecule has 1 atom stereocenters. The lowest BCUT2D eigenvalue weighted by Crippen LogP contribution is -2.44. The van der Waals surface area contributed by atoms with Crippen molar-refractivity contribution >= 4 is 41.8 Å². The van der Waals surface area contributed by atoms with Gasteiger partial charge in [-0.15, -0.1) is 35.9 Å². The van der Waals surface area contributed by atoms with Gasteiger partial charge >= 0.3 is 0 Å². The second-order valence-electron chi connectivity index (χ2n) is 5.09. The molecule has 20 heavy (non-hydrogen) atoms. The number of thioether (sulfide) groups is 2. The summed E-state index contributed by atoms with van der Waals surface area (Å²) in [6.45, 7) is 0.786. The van der Waals surface area contributed by atoms with Gasteiger partial charge < -0.3 is 5.32 Å². The largest absolute Gasteiger partial charge is 0.353 e. The minimum Gasteiger partial charge on any atom is -0.353 e. The topological polar surface area (TPSA) is 41.1 Å². The van der Waals surface area contributed by atoms with E-state index in [9.17, 15) is 4.79 Å². The molecule has 0 spiro atoms. The molecule has 0 radical (unpaired) electrons. The predicted molar refractivity (Wildman–Crippen MR) is 88.8 cm³/mol. The van der Waals surface area contributed by atoms with Crippen LogP contribution in [0, 0.1) is 0 Å². The van der Waals surface area contributed by atoms with E-state index in [1.807, 2.05) is 17.8 Å². The van der Waals surface area contributed by atoms with E-state index in [-0.39, 0.29) is 29.1 Å². The number of carbonyl (C=O) groups excluding carboxylic acids is 1. The van der Waals surface area contributed by atoms with Crippen molar-refractivity contribution in [1.82, 2.24) is 10.6 Å². The first-order valence-corrected chi connectivity index (χ1v) is 8.57. The van der Waals surface area contributed by atoms with Gasteiger partial charge in [-0.05, 0) is 25.0 Å². The number of rotatable bonds is 5. The van der Waals surface area contributed by atoms with Crippen LogP contribution in [0.4, 0.5) is 0 Å². The van der Waals surface area contributed by atoms with Gasteiger partial charge in [-0.25, -0.2) is 0 Å². The van der Waals surface area contributed by atoms with Crippen molar-refractivity contribution in [2.24, 2.45) is 0 Å². The second-order valence-corrected chi connectivity index (χ2v) is 7.66. The lowest BCUT2D eigenvalue weighted by Gasteiger charge is -2.17. The van der Waals surface area contributed by atoms with Gasteiger partial charge in [0.25, 0.3) is 0 Å². The van der Waals surface area contributed by atoms with Crippen LogP contribution in [0.2, 0.25) is 0 Å². The maximum atomic E-state index is 12.0. The Hall–Kier alpha value is -0.360. The third-order valence-electron chi connectivity index (χ3n) is 3.50. The van der Waals surface area contributed by atoms with Crippen LogP contribution in [-0.2, 0) is 4.79 Å². The Bertz CT molecular complexity index is 448. The van der Waals surface area contributed by atoms with Crippen molar-refractivity contribution in [2.75, 3.05) is 18.2 Å². The number of nitrogens with one attached hydrogen (secondary N) is 2. The third-order valence-corrected chi connectivity index (χ3v) is 5.94. The lowest BCUT2D eigenvalue weighted by molar-refractivity contribution is -0.122. The normalized spacial score (nSPS) is 22.9. The van der Waals surface area contributed by atoms with E-state index < -0.39 is 0 Å². The van der Waals surface area contributed by atoms with Gasteiger partial charge in [-0.3, -0.25) is 10.1 Å². The molecule has 1 heterocycles. The Kier molecular flexibility index (Phi) is 5.66. The molecule has 0 aromatic heterocycles. The molecule has 1 aliphatic carbocycles. The van der Waals surface area contributed by atoms with Crippen molar-refractivity contribution < 1.29 is 4.79 Å². The fraction of sp³-hybridized carbons (Fsp3) is 0.500. The highest BCUT2D eigenvalue weighted by molar-refractivity contribution is 8.01. The number of carbonyl (C=O) groups is 1. The Labute approximate surface area is 134 Å². The van der Waals surface area contributed by atoms with Crippen LogP contribution in [0.5, 0.6) is 0 Å². The Morgan fingerprint density at radius 2 is 2.15 bits per heavy atom. The molecule has 3 nitrogen and oxygen atoms in total. The number of hydrogen-bond acceptors (Lipinski definition) is 4. The molecule has 0 bridgehead atoms. The molecule has 1 saturated heterocycles. The molecule has 110 valence electrons. The number of amides is 1. The van der Waals surface area contributed by atoms with Crippen LogP contribution in [0.15, 0.2) is 35.2 Å². The summed E-state index contributed by atoms with van der Waals surface area (Å²) < 4.78 is 0.239. The molecule has 6 heteroatoms. The van der Waals surface area contributed by atoms with E-state index in [1.54, 1.807) is 11.8 Å². The smallest absolute Gasteiger partial charge is 0.238 e. The number of halogens is 1. The van der Waals surface area contributed by atoms with Crippen LogP contribution >= 0.6 is 35.9 Å². The SMILES string of the molecule is Cl.O=C(NCC1(Sc2ccccc2)CC1)C1CSCN1. The second kappa shape index (κ2) is 7.07. The molecule has 2 fully saturated rings. The fourth-order valence-electron chi connectivity index (χ4n) is 2.13. The van der Waals surface area contributed by atoms with Crippen molar-refractivity contribution in [2.45, 2.75) is 28.5 Å². The quantitative estimate of drug-likeness (QED) is 0.870. The van der Waals surface area contributed by atoms with E-state index in [0.29, 0.717) is 0 Å². The van der Waals surface area contributed by atoms with E-state index in [4.69, 9.17) is 0 Å². The van der Waals surface area contributed by atoms with Crippen LogP contribution < -0.4 is 10.6 Å². The first-order chi connectivity index (χ1) is 9.27. The first kappa shape index (κ1) is 16.0. The fourth-order valence-corrected chi connectivity index (χ4v) is 4.31. The maximum absolute atomic E-state index is 12.0. The highest BCUT2D eigenvalue weighted by atomic mass is 35.5. The molecule has 1 aromatic rings. The van der Waals surface area contributed by atoms with Crippen molar-refractivity contribution in [1.29, 1.82) is 0 Å². The zero-order valence-electron chi connectivity index (χ0n) is 11.1. The van der Waals surface area contributed by atoms with Crippen molar-refractivity contribution in [3.63, 3.8) is 0 Å². The summed E-state index contributed by atoms with van der Waals surface area (Å²) in [6, 6.07) is 10.5. The minimum absolute atomic E-state index is 0. The average Bonchev–Trinajstić information content (AvgIpc) is 2.99. The van der Waals surface area contributed by atoms with Gasteiger partial charge in [0.1, 0.15) is 0 Å². The highest BCUT2D eigenvalue weighted by Crippen LogP contribution is 2.51. The number of hydrogen-bond donors (Lipinski definition) is 2. The van der Waals surface area contributed by atoms with Gasteiger partial charge in [-0.2, -0.15) is 0 Å². The molecule has 1 aromatic carbocycles. The van der Waals surface area contributed by atoms with Crippen LogP contribution in [0.25, 0.3) is 0 Å². The monoisotopic (exact) mass is 330 g/mol. The molecule has 3 rings (SSSR count). The van der Waals surface area contributed by atoms with Gasteiger partial charge in [0.2, 0.25) is 5.91 Å². The molecule has 2 aliphatic rings. The van der Waals surface area contributed by atoms with Gasteiger partial charge in [0.05, 0.1) is 6.04 Å². The Balaban J connectivity index is 0.00000147. The Morgan fingerprint density at radius 3 is 2.75 bits per heavy atom. The predicted octanol–water partition coefficient (Wildman–Crippen LogP) is 2.51. The summed E-state index contributed by atoms with van der Waals surface area (Å²) >= 11 is 3.69. The van der Waals surface area contributed by atoms with Gasteiger partial charge in [0.15, 0.2) is 0 Å². The standard InChI is InChI=1S/C14H18N2OS2.ClH/c17-13(12-8-18-10-16-12)15-9-14(6-7-14)19-11-4-2-1-3-5-11;/h1-5,12,16H,6-10H2,(H,15,17);1H. The highest BCUT2D eigenvalue weighted by Gasteiger charge is 2.44. The van der Waals surface area contributed by atoms with E-state index in [1.165, 1.54) is 17.7 Å². The molecule has 1 saturated carbocycles. The van der Waals surface area contributed by atoms with Crippen LogP contribution in [0.3, 0.4) is 0 Å². The maximum Gasteiger partial charge on any atom is 0.238 e.